The first-order valence-electron chi connectivity index (χ1n) is 4.41. The van der Waals surface area contributed by atoms with Gasteiger partial charge < -0.3 is 14.9 Å². The molecule has 0 rings (SSSR count). The van der Waals surface area contributed by atoms with Crippen LogP contribution in [0.1, 0.15) is 33.6 Å². The largest absolute Gasteiger partial charge is 0.460 e. The zero-order chi connectivity index (χ0) is 9.40. The molecule has 2 N–H and O–H groups in total. The highest BCUT2D eigenvalue weighted by Gasteiger charge is 2.03. The van der Waals surface area contributed by atoms with Gasteiger partial charge in [0.15, 0.2) is 0 Å². The first kappa shape index (κ1) is 14.9. The van der Waals surface area contributed by atoms with E-state index in [0.717, 1.165) is 19.4 Å². The normalized spacial score (nSPS) is 11.6. The number of carbonyl (C=O) groups is 1. The van der Waals surface area contributed by atoms with E-state index in [2.05, 4.69) is 6.92 Å². The Balaban J connectivity index is 0. The van der Waals surface area contributed by atoms with Gasteiger partial charge in [-0.25, -0.2) is 0 Å². The average molecular weight is 192 g/mol. The zero-order valence-corrected chi connectivity index (χ0v) is 8.63. The lowest BCUT2D eigenvalue weighted by molar-refractivity contribution is -0.148. The van der Waals surface area contributed by atoms with E-state index >= 15 is 0 Å². The molecular weight excluding hydrogens is 172 g/mol. The van der Waals surface area contributed by atoms with Gasteiger partial charge in [0.2, 0.25) is 0 Å². The lowest BCUT2D eigenvalue weighted by atomic mass is 10.3. The third kappa shape index (κ3) is 11.4. The molecule has 0 aromatic heterocycles. The Bertz CT molecular complexity index is 125. The summed E-state index contributed by atoms with van der Waals surface area (Å²) in [5.41, 5.74) is 0. The van der Waals surface area contributed by atoms with E-state index in [1.54, 1.807) is 0 Å². The SMILES string of the molecule is CCCCOCC(C)OC(C)=O.O. The predicted molar refractivity (Wildman–Crippen MR) is 50.6 cm³/mol. The second kappa shape index (κ2) is 9.48. The highest BCUT2D eigenvalue weighted by molar-refractivity contribution is 5.66. The van der Waals surface area contributed by atoms with Crippen molar-refractivity contribution < 1.29 is 19.7 Å². The van der Waals surface area contributed by atoms with E-state index in [1.807, 2.05) is 6.92 Å². The molecule has 0 heterocycles. The fraction of sp³-hybridized carbons (Fsp3) is 0.889. The Kier molecular flexibility index (Phi) is 10.9. The van der Waals surface area contributed by atoms with E-state index < -0.39 is 0 Å². The van der Waals surface area contributed by atoms with Crippen LogP contribution in [0.3, 0.4) is 0 Å². The molecule has 0 aromatic carbocycles. The van der Waals surface area contributed by atoms with Crippen LogP contribution in [0.5, 0.6) is 0 Å². The van der Waals surface area contributed by atoms with Gasteiger partial charge in [-0.15, -0.1) is 0 Å². The number of carbonyl (C=O) groups excluding carboxylic acids is 1. The van der Waals surface area contributed by atoms with Crippen molar-refractivity contribution in [3.63, 3.8) is 0 Å². The predicted octanol–water partition coefficient (Wildman–Crippen LogP) is 0.930. The third-order valence-electron chi connectivity index (χ3n) is 1.36. The van der Waals surface area contributed by atoms with Crippen molar-refractivity contribution in [2.45, 2.75) is 39.7 Å². The molecule has 0 saturated heterocycles. The second-order valence-electron chi connectivity index (χ2n) is 2.85. The highest BCUT2D eigenvalue weighted by atomic mass is 16.6. The minimum atomic E-state index is -0.249. The van der Waals surface area contributed by atoms with Crippen molar-refractivity contribution in [1.82, 2.24) is 0 Å². The van der Waals surface area contributed by atoms with Crippen molar-refractivity contribution in [1.29, 1.82) is 0 Å². The number of esters is 1. The van der Waals surface area contributed by atoms with Gasteiger partial charge in [0.1, 0.15) is 6.10 Å². The fourth-order valence-corrected chi connectivity index (χ4v) is 0.813. The Morgan fingerprint density at radius 1 is 1.46 bits per heavy atom. The van der Waals surface area contributed by atoms with Crippen molar-refractivity contribution in [2.24, 2.45) is 0 Å². The van der Waals surface area contributed by atoms with Gasteiger partial charge in [-0.2, -0.15) is 0 Å². The molecule has 0 aliphatic rings. The zero-order valence-electron chi connectivity index (χ0n) is 8.63. The Labute approximate surface area is 79.5 Å². The summed E-state index contributed by atoms with van der Waals surface area (Å²) in [4.78, 5) is 10.5. The van der Waals surface area contributed by atoms with Crippen molar-refractivity contribution in [3.8, 4) is 0 Å². The summed E-state index contributed by atoms with van der Waals surface area (Å²) in [5.74, 6) is -0.249. The van der Waals surface area contributed by atoms with Crippen LogP contribution >= 0.6 is 0 Å². The smallest absolute Gasteiger partial charge is 0.302 e. The maximum Gasteiger partial charge on any atom is 0.302 e. The standard InChI is InChI=1S/C9H18O3.H2O/c1-4-5-6-11-7-8(2)12-9(3)10;/h8H,4-7H2,1-3H3;1H2. The summed E-state index contributed by atoms with van der Waals surface area (Å²) in [6, 6.07) is 0. The van der Waals surface area contributed by atoms with Gasteiger partial charge in [-0.05, 0) is 13.3 Å². The monoisotopic (exact) mass is 192 g/mol. The summed E-state index contributed by atoms with van der Waals surface area (Å²) < 4.78 is 10.1. The van der Waals surface area contributed by atoms with Crippen LogP contribution in [-0.4, -0.2) is 30.8 Å². The fourth-order valence-electron chi connectivity index (χ4n) is 0.813. The molecule has 0 saturated carbocycles. The van der Waals surface area contributed by atoms with Crippen LogP contribution in [0.25, 0.3) is 0 Å². The molecule has 13 heavy (non-hydrogen) atoms. The molecular formula is C9H20O4. The van der Waals surface area contributed by atoms with Gasteiger partial charge in [-0.1, -0.05) is 13.3 Å². The Morgan fingerprint density at radius 2 is 2.08 bits per heavy atom. The van der Waals surface area contributed by atoms with Crippen molar-refractivity contribution >= 4 is 5.97 Å². The molecule has 0 bridgehead atoms. The molecule has 4 nitrogen and oxygen atoms in total. The van der Waals surface area contributed by atoms with E-state index in [4.69, 9.17) is 9.47 Å². The van der Waals surface area contributed by atoms with Crippen molar-refractivity contribution in [2.75, 3.05) is 13.2 Å². The molecule has 0 fully saturated rings. The minimum Gasteiger partial charge on any atom is -0.460 e. The molecule has 80 valence electrons. The van der Waals surface area contributed by atoms with Gasteiger partial charge in [0, 0.05) is 13.5 Å². The number of hydrogen-bond donors (Lipinski definition) is 0. The lowest BCUT2D eigenvalue weighted by Crippen LogP contribution is -2.18. The van der Waals surface area contributed by atoms with Crippen LogP contribution < -0.4 is 0 Å². The molecule has 0 amide bonds. The highest BCUT2D eigenvalue weighted by Crippen LogP contribution is 1.94. The van der Waals surface area contributed by atoms with Gasteiger partial charge in [-0.3, -0.25) is 4.79 Å². The number of unbranched alkanes of at least 4 members (excludes halogenated alkanes) is 1. The van der Waals surface area contributed by atoms with Crippen molar-refractivity contribution in [3.05, 3.63) is 0 Å². The molecule has 4 heteroatoms. The summed E-state index contributed by atoms with van der Waals surface area (Å²) in [5, 5.41) is 0. The Morgan fingerprint density at radius 3 is 2.54 bits per heavy atom. The minimum absolute atomic E-state index is 0. The van der Waals surface area contributed by atoms with Gasteiger partial charge in [0.25, 0.3) is 0 Å². The lowest BCUT2D eigenvalue weighted by Gasteiger charge is -2.11. The van der Waals surface area contributed by atoms with Gasteiger partial charge in [0.05, 0.1) is 6.61 Å². The molecule has 1 unspecified atom stereocenters. The third-order valence-corrected chi connectivity index (χ3v) is 1.36. The summed E-state index contributed by atoms with van der Waals surface area (Å²) in [7, 11) is 0. The number of rotatable bonds is 6. The van der Waals surface area contributed by atoms with Crippen LogP contribution in [0, 0.1) is 0 Å². The van der Waals surface area contributed by atoms with Crippen LogP contribution in [0.15, 0.2) is 0 Å². The molecule has 1 atom stereocenters. The maximum atomic E-state index is 10.5. The van der Waals surface area contributed by atoms with Crippen LogP contribution in [-0.2, 0) is 14.3 Å². The topological polar surface area (TPSA) is 67.0 Å². The quantitative estimate of drug-likeness (QED) is 0.464. The van der Waals surface area contributed by atoms with E-state index in [9.17, 15) is 4.79 Å². The summed E-state index contributed by atoms with van der Waals surface area (Å²) >= 11 is 0. The average Bonchev–Trinajstić information content (AvgIpc) is 1.97. The molecule has 0 aliphatic carbocycles. The summed E-state index contributed by atoms with van der Waals surface area (Å²) in [6.07, 6.45) is 2.06. The molecule has 0 spiro atoms. The van der Waals surface area contributed by atoms with Crippen LogP contribution in [0.2, 0.25) is 0 Å². The first-order valence-corrected chi connectivity index (χ1v) is 4.41. The van der Waals surface area contributed by atoms with E-state index in [0.29, 0.717) is 6.61 Å². The summed E-state index contributed by atoms with van der Waals surface area (Å²) in [6.45, 7) is 6.59. The first-order chi connectivity index (χ1) is 5.66. The van der Waals surface area contributed by atoms with E-state index in [1.165, 1.54) is 6.92 Å². The Hall–Kier alpha value is -0.610. The molecule has 0 radical (unpaired) electrons. The maximum absolute atomic E-state index is 10.5. The molecule has 0 aromatic rings. The molecule has 0 aliphatic heterocycles. The van der Waals surface area contributed by atoms with Crippen LogP contribution in [0.4, 0.5) is 0 Å². The number of hydrogen-bond acceptors (Lipinski definition) is 3. The second-order valence-corrected chi connectivity index (χ2v) is 2.85. The number of ether oxygens (including phenoxy) is 2. The van der Waals surface area contributed by atoms with E-state index in [-0.39, 0.29) is 17.5 Å². The van der Waals surface area contributed by atoms with Gasteiger partial charge >= 0.3 is 5.97 Å².